The maximum Gasteiger partial charge on any atom is 0.260 e. The average molecular weight is 347 g/mol. The molecule has 22 heavy (non-hydrogen) atoms. The van der Waals surface area contributed by atoms with Gasteiger partial charge in [-0.05, 0) is 25.1 Å². The standard InChI is InChI=1S/C12H11F2N3O3S2/c1-7-6-21-12(15-7)5-11(18)16-17-22(19,20)10-4-8(13)2-3-9(10)14/h2-4,6,17H,5H2,1H3,(H,16,18). The Bertz CT molecular complexity index is 806. The Morgan fingerprint density at radius 3 is 2.73 bits per heavy atom. The third-order valence-corrected chi connectivity index (χ3v) is 4.72. The van der Waals surface area contributed by atoms with E-state index in [0.29, 0.717) is 17.1 Å². The Kier molecular flexibility index (Phi) is 4.84. The topological polar surface area (TPSA) is 88.2 Å². The van der Waals surface area contributed by atoms with Gasteiger partial charge in [0.15, 0.2) is 0 Å². The van der Waals surface area contributed by atoms with E-state index in [1.54, 1.807) is 17.1 Å². The van der Waals surface area contributed by atoms with Crippen LogP contribution in [0.1, 0.15) is 10.7 Å². The minimum Gasteiger partial charge on any atom is -0.277 e. The molecule has 0 bridgehead atoms. The van der Waals surface area contributed by atoms with Crippen molar-refractivity contribution in [1.82, 2.24) is 15.2 Å². The Morgan fingerprint density at radius 1 is 1.36 bits per heavy atom. The third-order valence-electron chi connectivity index (χ3n) is 2.49. The fourth-order valence-corrected chi connectivity index (χ4v) is 3.25. The molecule has 1 aromatic heterocycles. The summed E-state index contributed by atoms with van der Waals surface area (Å²) in [5.41, 5.74) is 2.67. The van der Waals surface area contributed by atoms with E-state index < -0.39 is 32.5 Å². The number of benzene rings is 1. The summed E-state index contributed by atoms with van der Waals surface area (Å²) >= 11 is 1.25. The number of hydrogen-bond donors (Lipinski definition) is 2. The summed E-state index contributed by atoms with van der Waals surface area (Å²) in [7, 11) is -4.41. The zero-order valence-corrected chi connectivity index (χ0v) is 12.9. The van der Waals surface area contributed by atoms with Crippen molar-refractivity contribution in [2.24, 2.45) is 0 Å². The monoisotopic (exact) mass is 347 g/mol. The van der Waals surface area contributed by atoms with Gasteiger partial charge in [-0.3, -0.25) is 10.2 Å². The lowest BCUT2D eigenvalue weighted by atomic mass is 10.3. The van der Waals surface area contributed by atoms with Gasteiger partial charge in [0, 0.05) is 11.1 Å². The van der Waals surface area contributed by atoms with E-state index >= 15 is 0 Å². The second kappa shape index (κ2) is 6.46. The van der Waals surface area contributed by atoms with Gasteiger partial charge in [-0.25, -0.2) is 22.2 Å². The van der Waals surface area contributed by atoms with Gasteiger partial charge < -0.3 is 0 Å². The first-order valence-electron chi connectivity index (χ1n) is 5.94. The van der Waals surface area contributed by atoms with Gasteiger partial charge in [-0.15, -0.1) is 16.2 Å². The third kappa shape index (κ3) is 4.06. The molecule has 0 unspecified atom stereocenters. The second-order valence-electron chi connectivity index (χ2n) is 4.29. The summed E-state index contributed by atoms with van der Waals surface area (Å²) in [5.74, 6) is -2.71. The average Bonchev–Trinajstić information content (AvgIpc) is 2.84. The van der Waals surface area contributed by atoms with E-state index in [4.69, 9.17) is 0 Å². The number of sulfonamides is 1. The number of halogens is 2. The highest BCUT2D eigenvalue weighted by Gasteiger charge is 2.20. The zero-order chi connectivity index (χ0) is 16.3. The molecular weight excluding hydrogens is 336 g/mol. The molecule has 0 aliphatic carbocycles. The molecule has 1 aromatic carbocycles. The lowest BCUT2D eigenvalue weighted by Gasteiger charge is -2.08. The molecule has 6 nitrogen and oxygen atoms in total. The number of nitrogens with zero attached hydrogens (tertiary/aromatic N) is 1. The molecule has 1 heterocycles. The van der Waals surface area contributed by atoms with Gasteiger partial charge in [-0.1, -0.05) is 0 Å². The van der Waals surface area contributed by atoms with E-state index in [2.05, 4.69) is 4.98 Å². The van der Waals surface area contributed by atoms with Gasteiger partial charge in [-0.2, -0.15) is 0 Å². The van der Waals surface area contributed by atoms with Gasteiger partial charge in [0.1, 0.15) is 21.5 Å². The summed E-state index contributed by atoms with van der Waals surface area (Å²) < 4.78 is 50.1. The van der Waals surface area contributed by atoms with E-state index in [0.717, 1.165) is 11.8 Å². The van der Waals surface area contributed by atoms with Crippen LogP contribution >= 0.6 is 11.3 Å². The van der Waals surface area contributed by atoms with Crippen LogP contribution in [0.25, 0.3) is 0 Å². The summed E-state index contributed by atoms with van der Waals surface area (Å²) in [4.78, 5) is 16.5. The van der Waals surface area contributed by atoms with E-state index in [9.17, 15) is 22.0 Å². The first-order valence-corrected chi connectivity index (χ1v) is 8.31. The van der Waals surface area contributed by atoms with Crippen molar-refractivity contribution in [3.63, 3.8) is 0 Å². The molecule has 2 aromatic rings. The number of aromatic nitrogens is 1. The lowest BCUT2D eigenvalue weighted by Crippen LogP contribution is -2.42. The Labute approximate surface area is 129 Å². The number of carbonyl (C=O) groups excluding carboxylic acids is 1. The molecule has 118 valence electrons. The molecule has 2 rings (SSSR count). The molecule has 1 amide bonds. The minimum atomic E-state index is -4.41. The quantitative estimate of drug-likeness (QED) is 0.798. The molecule has 0 saturated heterocycles. The van der Waals surface area contributed by atoms with Crippen LogP contribution in [-0.2, 0) is 21.2 Å². The van der Waals surface area contributed by atoms with Crippen molar-refractivity contribution < 1.29 is 22.0 Å². The highest BCUT2D eigenvalue weighted by atomic mass is 32.2. The van der Waals surface area contributed by atoms with E-state index in [1.807, 2.05) is 5.43 Å². The summed E-state index contributed by atoms with van der Waals surface area (Å²) in [6.45, 7) is 1.76. The second-order valence-corrected chi connectivity index (χ2v) is 6.88. The largest absolute Gasteiger partial charge is 0.277 e. The minimum absolute atomic E-state index is 0.132. The molecule has 0 aliphatic rings. The predicted octanol–water partition coefficient (Wildman–Crippen LogP) is 1.28. The summed E-state index contributed by atoms with van der Waals surface area (Å²) in [6, 6.07) is 2.00. The number of hydrazine groups is 1. The van der Waals surface area contributed by atoms with Crippen LogP contribution in [0.3, 0.4) is 0 Å². The molecule has 0 aliphatic heterocycles. The van der Waals surface area contributed by atoms with Gasteiger partial charge >= 0.3 is 0 Å². The van der Waals surface area contributed by atoms with Crippen LogP contribution in [-0.4, -0.2) is 19.3 Å². The maximum atomic E-state index is 13.4. The van der Waals surface area contributed by atoms with Crippen LogP contribution in [0.4, 0.5) is 8.78 Å². The van der Waals surface area contributed by atoms with E-state index in [-0.39, 0.29) is 6.42 Å². The number of amides is 1. The van der Waals surface area contributed by atoms with Gasteiger partial charge in [0.05, 0.1) is 6.42 Å². The Hall–Kier alpha value is -1.91. The molecule has 0 saturated carbocycles. The van der Waals surface area contributed by atoms with Crippen molar-refractivity contribution in [1.29, 1.82) is 0 Å². The van der Waals surface area contributed by atoms with Crippen molar-refractivity contribution in [2.75, 3.05) is 0 Å². The number of thiazole rings is 1. The lowest BCUT2D eigenvalue weighted by molar-refractivity contribution is -0.120. The normalized spacial score (nSPS) is 11.4. The molecule has 0 atom stereocenters. The first-order chi connectivity index (χ1) is 10.3. The van der Waals surface area contributed by atoms with E-state index in [1.165, 1.54) is 11.3 Å². The van der Waals surface area contributed by atoms with Crippen LogP contribution < -0.4 is 10.3 Å². The maximum absolute atomic E-state index is 13.4. The highest BCUT2D eigenvalue weighted by molar-refractivity contribution is 7.89. The van der Waals surface area contributed by atoms with Crippen molar-refractivity contribution in [2.45, 2.75) is 18.2 Å². The molecule has 0 fully saturated rings. The number of nitrogens with one attached hydrogen (secondary N) is 2. The summed E-state index contributed by atoms with van der Waals surface area (Å²) in [5, 5.41) is 2.25. The summed E-state index contributed by atoms with van der Waals surface area (Å²) in [6.07, 6.45) is -0.132. The van der Waals surface area contributed by atoms with Crippen LogP contribution in [0.15, 0.2) is 28.5 Å². The van der Waals surface area contributed by atoms with Crippen LogP contribution in [0.5, 0.6) is 0 Å². The Morgan fingerprint density at radius 2 is 2.09 bits per heavy atom. The van der Waals surface area contributed by atoms with Gasteiger partial charge in [0.2, 0.25) is 5.91 Å². The van der Waals surface area contributed by atoms with Crippen LogP contribution in [0.2, 0.25) is 0 Å². The van der Waals surface area contributed by atoms with Crippen LogP contribution in [0, 0.1) is 18.6 Å². The van der Waals surface area contributed by atoms with Gasteiger partial charge in [0.25, 0.3) is 10.0 Å². The number of aryl methyl sites for hydroxylation is 1. The SMILES string of the molecule is Cc1csc(CC(=O)NNS(=O)(=O)c2cc(F)ccc2F)n1. The molecule has 0 spiro atoms. The fraction of sp³-hybridized carbons (Fsp3) is 0.167. The van der Waals surface area contributed by atoms with Crippen molar-refractivity contribution in [3.8, 4) is 0 Å². The number of rotatable bonds is 5. The molecule has 0 radical (unpaired) electrons. The smallest absolute Gasteiger partial charge is 0.260 e. The Balaban J connectivity index is 2.03. The molecule has 2 N–H and O–H groups in total. The molecule has 10 heteroatoms. The molecular formula is C12H11F2N3O3S2. The number of carbonyl (C=O) groups is 1. The first kappa shape index (κ1) is 16.5. The van der Waals surface area contributed by atoms with Crippen molar-refractivity contribution in [3.05, 3.63) is 45.9 Å². The van der Waals surface area contributed by atoms with Crippen molar-refractivity contribution >= 4 is 27.3 Å². The fourth-order valence-electron chi connectivity index (χ4n) is 1.53. The number of hydrogen-bond acceptors (Lipinski definition) is 5. The highest BCUT2D eigenvalue weighted by Crippen LogP contribution is 2.15. The zero-order valence-electron chi connectivity index (χ0n) is 11.3. The predicted molar refractivity (Wildman–Crippen MR) is 75.4 cm³/mol.